The van der Waals surface area contributed by atoms with Crippen LogP contribution in [-0.2, 0) is 0 Å². The van der Waals surface area contributed by atoms with Crippen LogP contribution in [-0.4, -0.2) is 15.8 Å². The number of anilines is 1. The Bertz CT molecular complexity index is 1020. The Morgan fingerprint density at radius 2 is 2.00 bits per heavy atom. The number of benzene rings is 2. The highest BCUT2D eigenvalue weighted by Gasteiger charge is 2.16. The van der Waals surface area contributed by atoms with E-state index in [1.165, 1.54) is 29.5 Å². The van der Waals surface area contributed by atoms with Gasteiger partial charge in [-0.15, -0.1) is 11.3 Å². The van der Waals surface area contributed by atoms with Crippen molar-refractivity contribution < 1.29 is 9.72 Å². The summed E-state index contributed by atoms with van der Waals surface area (Å²) in [6, 6.07) is 9.37. The summed E-state index contributed by atoms with van der Waals surface area (Å²) in [7, 11) is 0. The molecule has 3 aromatic rings. The normalized spacial score (nSPS) is 10.6. The Morgan fingerprint density at radius 1 is 1.23 bits per heavy atom. The van der Waals surface area contributed by atoms with Crippen LogP contribution in [0.15, 0.2) is 41.8 Å². The fourth-order valence-corrected chi connectivity index (χ4v) is 3.48. The van der Waals surface area contributed by atoms with Crippen molar-refractivity contribution in [2.45, 2.75) is 6.92 Å². The second-order valence-electron chi connectivity index (χ2n) is 5.37. The summed E-state index contributed by atoms with van der Waals surface area (Å²) in [5.74, 6) is -0.476. The van der Waals surface area contributed by atoms with Crippen molar-refractivity contribution in [1.82, 2.24) is 4.98 Å². The summed E-state index contributed by atoms with van der Waals surface area (Å²) < 4.78 is 0. The highest BCUT2D eigenvalue weighted by Crippen LogP contribution is 2.32. The summed E-state index contributed by atoms with van der Waals surface area (Å²) in [6.07, 6.45) is 0. The Kier molecular flexibility index (Phi) is 5.22. The van der Waals surface area contributed by atoms with Crippen molar-refractivity contribution >= 4 is 51.3 Å². The number of carbonyl (C=O) groups excluding carboxylic acids is 1. The van der Waals surface area contributed by atoms with E-state index in [1.54, 1.807) is 30.5 Å². The summed E-state index contributed by atoms with van der Waals surface area (Å²) in [5, 5.41) is 16.7. The Hall–Kier alpha value is -2.48. The molecule has 6 nitrogen and oxygen atoms in total. The smallest absolute Gasteiger partial charge is 0.273 e. The van der Waals surface area contributed by atoms with Crippen LogP contribution in [0.4, 0.5) is 10.8 Å². The topological polar surface area (TPSA) is 85.1 Å². The molecular weight excluding hydrogens is 397 g/mol. The zero-order valence-electron chi connectivity index (χ0n) is 13.3. The predicted octanol–water partition coefficient (Wildman–Crippen LogP) is 5.59. The molecule has 0 bridgehead atoms. The third kappa shape index (κ3) is 3.85. The van der Waals surface area contributed by atoms with Gasteiger partial charge in [0, 0.05) is 33.2 Å². The van der Waals surface area contributed by atoms with Gasteiger partial charge in [-0.1, -0.05) is 29.3 Å². The molecule has 1 N–H and O–H groups in total. The molecule has 0 atom stereocenters. The molecule has 0 aliphatic heterocycles. The Labute approximate surface area is 162 Å². The summed E-state index contributed by atoms with van der Waals surface area (Å²) >= 11 is 13.3. The first-order chi connectivity index (χ1) is 12.3. The van der Waals surface area contributed by atoms with E-state index in [-0.39, 0.29) is 11.3 Å². The molecule has 0 aliphatic rings. The molecule has 1 aromatic heterocycles. The van der Waals surface area contributed by atoms with Crippen molar-refractivity contribution in [1.29, 1.82) is 0 Å². The minimum Gasteiger partial charge on any atom is -0.298 e. The van der Waals surface area contributed by atoms with Gasteiger partial charge >= 0.3 is 0 Å². The van der Waals surface area contributed by atoms with Crippen LogP contribution < -0.4 is 5.32 Å². The van der Waals surface area contributed by atoms with E-state index in [1.807, 2.05) is 0 Å². The fourth-order valence-electron chi connectivity index (χ4n) is 2.27. The Morgan fingerprint density at radius 3 is 2.69 bits per heavy atom. The first-order valence-corrected chi connectivity index (χ1v) is 8.96. The number of halogens is 2. The highest BCUT2D eigenvalue weighted by molar-refractivity contribution is 7.14. The predicted molar refractivity (Wildman–Crippen MR) is 103 cm³/mol. The van der Waals surface area contributed by atoms with Crippen molar-refractivity contribution in [3.63, 3.8) is 0 Å². The lowest BCUT2D eigenvalue weighted by Gasteiger charge is -2.04. The van der Waals surface area contributed by atoms with E-state index in [4.69, 9.17) is 23.2 Å². The third-order valence-corrected chi connectivity index (χ3v) is 4.91. The molecule has 0 saturated carbocycles. The number of hydrogen-bond acceptors (Lipinski definition) is 5. The minimum atomic E-state index is -0.518. The van der Waals surface area contributed by atoms with Crippen molar-refractivity contribution in [2.24, 2.45) is 0 Å². The number of nitro benzene ring substituents is 1. The first kappa shape index (κ1) is 18.3. The van der Waals surface area contributed by atoms with Gasteiger partial charge in [0.05, 0.1) is 15.6 Å². The maximum Gasteiger partial charge on any atom is 0.273 e. The number of amides is 1. The number of aryl methyl sites for hydroxylation is 1. The molecule has 132 valence electrons. The van der Waals surface area contributed by atoms with Gasteiger partial charge in [0.15, 0.2) is 5.13 Å². The van der Waals surface area contributed by atoms with Gasteiger partial charge in [0.25, 0.3) is 11.6 Å². The molecule has 0 saturated heterocycles. The molecule has 3 rings (SSSR count). The van der Waals surface area contributed by atoms with Gasteiger partial charge in [-0.3, -0.25) is 20.2 Å². The van der Waals surface area contributed by atoms with Crippen molar-refractivity contribution in [2.75, 3.05) is 5.32 Å². The largest absolute Gasteiger partial charge is 0.298 e. The van der Waals surface area contributed by atoms with Crippen LogP contribution in [0.5, 0.6) is 0 Å². The lowest BCUT2D eigenvalue weighted by atomic mass is 10.1. The van der Waals surface area contributed by atoms with Gasteiger partial charge < -0.3 is 0 Å². The van der Waals surface area contributed by atoms with Gasteiger partial charge in [-0.2, -0.15) is 0 Å². The number of rotatable bonds is 4. The van der Waals surface area contributed by atoms with Crippen LogP contribution in [0.3, 0.4) is 0 Å². The molecule has 0 aliphatic carbocycles. The van der Waals surface area contributed by atoms with Gasteiger partial charge in [-0.25, -0.2) is 4.98 Å². The second kappa shape index (κ2) is 7.41. The van der Waals surface area contributed by atoms with Crippen molar-refractivity contribution in [3.8, 4) is 11.3 Å². The van der Waals surface area contributed by atoms with E-state index in [0.29, 0.717) is 32.0 Å². The molecular formula is C17H11Cl2N3O3S. The molecule has 1 heterocycles. The number of aromatic nitrogens is 1. The summed E-state index contributed by atoms with van der Waals surface area (Å²) in [4.78, 5) is 27.2. The van der Waals surface area contributed by atoms with Crippen LogP contribution in [0.1, 0.15) is 15.9 Å². The number of nitro groups is 1. The van der Waals surface area contributed by atoms with E-state index in [2.05, 4.69) is 10.3 Å². The molecule has 0 spiro atoms. The average Bonchev–Trinajstić information content (AvgIpc) is 3.03. The molecule has 0 radical (unpaired) electrons. The zero-order chi connectivity index (χ0) is 18.8. The van der Waals surface area contributed by atoms with Crippen LogP contribution in [0.25, 0.3) is 11.3 Å². The average molecular weight is 408 g/mol. The maximum atomic E-state index is 12.3. The lowest BCUT2D eigenvalue weighted by Crippen LogP contribution is -2.12. The third-order valence-electron chi connectivity index (χ3n) is 3.60. The Balaban J connectivity index is 1.82. The number of carbonyl (C=O) groups is 1. The quantitative estimate of drug-likeness (QED) is 0.451. The molecule has 1 amide bonds. The second-order valence-corrected chi connectivity index (χ2v) is 7.08. The highest BCUT2D eigenvalue weighted by atomic mass is 35.5. The van der Waals surface area contributed by atoms with Gasteiger partial charge in [-0.05, 0) is 31.2 Å². The van der Waals surface area contributed by atoms with E-state index < -0.39 is 10.8 Å². The SMILES string of the molecule is Cc1ccc(C(=O)Nc2nc(-c3ccc(Cl)cc3Cl)cs2)cc1[N+](=O)[O-]. The molecule has 0 unspecified atom stereocenters. The molecule has 9 heteroatoms. The molecule has 0 fully saturated rings. The molecule has 26 heavy (non-hydrogen) atoms. The number of thiazole rings is 1. The van der Waals surface area contributed by atoms with Crippen LogP contribution in [0.2, 0.25) is 10.0 Å². The number of nitrogens with one attached hydrogen (secondary N) is 1. The summed E-state index contributed by atoms with van der Waals surface area (Å²) in [6.45, 7) is 1.61. The zero-order valence-corrected chi connectivity index (χ0v) is 15.7. The van der Waals surface area contributed by atoms with E-state index in [0.717, 1.165) is 0 Å². The monoisotopic (exact) mass is 407 g/mol. The standard InChI is InChI=1S/C17H11Cl2N3O3S/c1-9-2-3-10(6-15(9)22(24)25)16(23)21-17-20-14(8-26-17)12-5-4-11(18)7-13(12)19/h2-8H,1H3,(H,20,21,23). The van der Waals surface area contributed by atoms with E-state index >= 15 is 0 Å². The number of hydrogen-bond donors (Lipinski definition) is 1. The lowest BCUT2D eigenvalue weighted by molar-refractivity contribution is -0.385. The summed E-state index contributed by atoms with van der Waals surface area (Å²) in [5.41, 5.74) is 1.86. The van der Waals surface area contributed by atoms with Crippen molar-refractivity contribution in [3.05, 3.63) is 73.1 Å². The fraction of sp³-hybridized carbons (Fsp3) is 0.0588. The van der Waals surface area contributed by atoms with Crippen LogP contribution >= 0.6 is 34.5 Å². The van der Waals surface area contributed by atoms with Gasteiger partial charge in [0.1, 0.15) is 0 Å². The molecule has 2 aromatic carbocycles. The number of nitrogens with zero attached hydrogens (tertiary/aromatic N) is 2. The minimum absolute atomic E-state index is 0.106. The van der Waals surface area contributed by atoms with Crippen LogP contribution in [0, 0.1) is 17.0 Å². The maximum absolute atomic E-state index is 12.3. The first-order valence-electron chi connectivity index (χ1n) is 7.32. The van der Waals surface area contributed by atoms with E-state index in [9.17, 15) is 14.9 Å². The van der Waals surface area contributed by atoms with Gasteiger partial charge in [0.2, 0.25) is 0 Å².